The van der Waals surface area contributed by atoms with Gasteiger partial charge in [0.15, 0.2) is 5.72 Å². The Morgan fingerprint density at radius 2 is 1.02 bits per heavy atom. The zero-order chi connectivity index (χ0) is 34.5. The molecule has 2 aliphatic rings. The first-order chi connectivity index (χ1) is 22.3. The van der Waals surface area contributed by atoms with Crippen LogP contribution in [0.3, 0.4) is 0 Å². The highest BCUT2D eigenvalue weighted by Gasteiger charge is 2.45. The average molecular weight is 669 g/mol. The number of carbonyl (C=O) groups is 2. The minimum atomic E-state index is -1.96. The molecule has 0 aliphatic carbocycles. The van der Waals surface area contributed by atoms with Gasteiger partial charge >= 0.3 is 5.97 Å². The first kappa shape index (κ1) is 37.2. The van der Waals surface area contributed by atoms with Crippen molar-refractivity contribution in [2.24, 2.45) is 11.7 Å². The van der Waals surface area contributed by atoms with E-state index in [0.717, 1.165) is 24.3 Å². The molecule has 4 aromatic carbocycles. The maximum atomic E-state index is 14.2. The number of amides is 1. The zero-order valence-corrected chi connectivity index (χ0v) is 25.5. The van der Waals surface area contributed by atoms with Crippen LogP contribution in [-0.4, -0.2) is 39.1 Å². The van der Waals surface area contributed by atoms with Crippen LogP contribution < -0.4 is 22.5 Å². The fourth-order valence-electron chi connectivity index (χ4n) is 5.26. The molecule has 0 bridgehead atoms. The maximum Gasteiger partial charge on any atom is 0.342 e. The number of nitrogens with two attached hydrogens (primary N) is 2. The Morgan fingerprint density at radius 3 is 1.46 bits per heavy atom. The molecule has 10 N–H and O–H groups in total. The van der Waals surface area contributed by atoms with Crippen molar-refractivity contribution in [2.75, 3.05) is 0 Å². The number of carbonyl (C=O) groups excluding carboxylic acids is 2. The van der Waals surface area contributed by atoms with E-state index in [1.54, 1.807) is 60.7 Å². The Kier molecular flexibility index (Phi) is 11.7. The summed E-state index contributed by atoms with van der Waals surface area (Å²) in [6, 6.07) is 23.5. The van der Waals surface area contributed by atoms with E-state index in [1.165, 1.54) is 26.0 Å². The third-order valence-corrected chi connectivity index (χ3v) is 7.14. The van der Waals surface area contributed by atoms with Gasteiger partial charge in [-0.25, -0.2) is 22.4 Å². The van der Waals surface area contributed by atoms with Crippen molar-refractivity contribution in [1.29, 1.82) is 0 Å². The van der Waals surface area contributed by atoms with Crippen LogP contribution >= 0.6 is 0 Å². The summed E-state index contributed by atoms with van der Waals surface area (Å²) < 4.78 is 61.4. The average Bonchev–Trinajstić information content (AvgIpc) is 3.28. The van der Waals surface area contributed by atoms with E-state index in [1.807, 2.05) is 0 Å². The molecule has 0 saturated heterocycles. The molecule has 2 aliphatic heterocycles. The topological polar surface area (TPSA) is 191 Å². The van der Waals surface area contributed by atoms with E-state index >= 15 is 0 Å². The number of aliphatic hydroxyl groups is 2. The molecule has 2 unspecified atom stereocenters. The molecule has 2 heterocycles. The lowest BCUT2D eigenvalue weighted by Gasteiger charge is -2.35. The van der Waals surface area contributed by atoms with Gasteiger partial charge in [-0.3, -0.25) is 21.9 Å². The van der Waals surface area contributed by atoms with Gasteiger partial charge in [-0.2, -0.15) is 5.43 Å². The number of ether oxygens (including phenoxy) is 1. The predicted molar refractivity (Wildman–Crippen MR) is 170 cm³/mol. The number of rotatable bonds is 4. The molecule has 6 rings (SSSR count). The van der Waals surface area contributed by atoms with Crippen LogP contribution in [0.5, 0.6) is 0 Å². The molecule has 0 aromatic heterocycles. The molecule has 4 aromatic rings. The Balaban J connectivity index is 0.000000243. The molecule has 0 spiro atoms. The maximum absolute atomic E-state index is 14.2. The number of hydrogen-bond donors (Lipinski definition) is 6. The second kappa shape index (κ2) is 15.1. The summed E-state index contributed by atoms with van der Waals surface area (Å²) in [5.41, 5.74) is 2.58. The Hall–Kier alpha value is -5.22. The van der Waals surface area contributed by atoms with Gasteiger partial charge in [-0.1, -0.05) is 72.8 Å². The number of hydrogen-bond acceptors (Lipinski definition) is 8. The molecule has 0 fully saturated rings. The zero-order valence-electron chi connectivity index (χ0n) is 25.5. The summed E-state index contributed by atoms with van der Waals surface area (Å²) >= 11 is 0. The van der Waals surface area contributed by atoms with Crippen molar-refractivity contribution >= 4 is 34.2 Å². The van der Waals surface area contributed by atoms with Crippen LogP contribution in [0.1, 0.15) is 36.1 Å². The minimum absolute atomic E-state index is 0. The van der Waals surface area contributed by atoms with Gasteiger partial charge in [0.05, 0.1) is 22.3 Å². The lowest BCUT2D eigenvalue weighted by molar-refractivity contribution is -0.169. The summed E-state index contributed by atoms with van der Waals surface area (Å²) in [6.45, 7) is 2.66. The van der Waals surface area contributed by atoms with Crippen molar-refractivity contribution in [3.63, 3.8) is 0 Å². The van der Waals surface area contributed by atoms with E-state index in [2.05, 4.69) is 22.5 Å². The molecule has 0 radical (unpaired) electrons. The SMILES string of the molecule is CC1(O)NNC(=O)C(c2c(F)cccc2F)=C1c1ccccc1.CC1(O)OC(=O)C(c2c(F)cccc2F)=C1c1ccccc1.NN.O. The van der Waals surface area contributed by atoms with Crippen LogP contribution in [0.2, 0.25) is 0 Å². The number of esters is 1. The highest BCUT2D eigenvalue weighted by molar-refractivity contribution is 6.29. The van der Waals surface area contributed by atoms with Gasteiger partial charge in [0, 0.05) is 18.1 Å². The number of hydrazine groups is 2. The second-order valence-corrected chi connectivity index (χ2v) is 10.4. The molecule has 0 saturated carbocycles. The van der Waals surface area contributed by atoms with Crippen molar-refractivity contribution in [1.82, 2.24) is 10.9 Å². The third-order valence-electron chi connectivity index (χ3n) is 7.14. The van der Waals surface area contributed by atoms with E-state index in [-0.39, 0.29) is 27.8 Å². The smallest absolute Gasteiger partial charge is 0.342 e. The Morgan fingerprint density at radius 1 is 0.625 bits per heavy atom. The minimum Gasteiger partial charge on any atom is -0.425 e. The quantitative estimate of drug-likeness (QED) is 0.0826. The van der Waals surface area contributed by atoms with Crippen LogP contribution in [0, 0.1) is 23.3 Å². The fraction of sp³-hybridized carbons (Fsp3) is 0.118. The molecule has 14 heteroatoms. The van der Waals surface area contributed by atoms with Crippen molar-refractivity contribution in [3.8, 4) is 0 Å². The molecule has 48 heavy (non-hydrogen) atoms. The van der Waals surface area contributed by atoms with Gasteiger partial charge < -0.3 is 20.4 Å². The molecule has 10 nitrogen and oxygen atoms in total. The largest absolute Gasteiger partial charge is 0.425 e. The number of cyclic esters (lactones) is 1. The van der Waals surface area contributed by atoms with Crippen molar-refractivity contribution in [3.05, 3.63) is 143 Å². The van der Waals surface area contributed by atoms with Gasteiger partial charge in [0.25, 0.3) is 5.91 Å². The lowest BCUT2D eigenvalue weighted by atomic mass is 9.86. The van der Waals surface area contributed by atoms with Crippen molar-refractivity contribution in [2.45, 2.75) is 25.4 Å². The Labute approximate surface area is 272 Å². The predicted octanol–water partition coefficient (Wildman–Crippen LogP) is 3.35. The summed E-state index contributed by atoms with van der Waals surface area (Å²) in [7, 11) is 0. The first-order valence-corrected chi connectivity index (χ1v) is 13.9. The van der Waals surface area contributed by atoms with Crippen molar-refractivity contribution < 1.29 is 47.6 Å². The third kappa shape index (κ3) is 7.34. The summed E-state index contributed by atoms with van der Waals surface area (Å²) in [5, 5.41) is 20.9. The van der Waals surface area contributed by atoms with Crippen LogP contribution in [0.15, 0.2) is 97.1 Å². The number of benzene rings is 4. The van der Waals surface area contributed by atoms with Gasteiger partial charge in [-0.15, -0.1) is 0 Å². The molecule has 2 atom stereocenters. The summed E-state index contributed by atoms with van der Waals surface area (Å²) in [6.07, 6.45) is 0. The van der Waals surface area contributed by atoms with Gasteiger partial charge in [0.1, 0.15) is 23.3 Å². The monoisotopic (exact) mass is 668 g/mol. The summed E-state index contributed by atoms with van der Waals surface area (Å²) in [5.74, 6) is 0.827. The lowest BCUT2D eigenvalue weighted by Crippen LogP contribution is -2.57. The van der Waals surface area contributed by atoms with E-state index in [0.29, 0.717) is 11.1 Å². The standard InChI is InChI=1S/C17H14F2N2O2.C17H12F2O3.H4N2.H2O/c1-17(23)15(10-6-3-2-4-7-10)14(16(22)20-21-17)13-11(18)8-5-9-12(13)19;1-17(21)15(10-6-3-2-4-7-10)14(16(20)22-17)13-11(18)8-5-9-12(13)19;1-2;/h2-9,21,23H,1H3,(H,20,22);2-9,21H,1H3;1-2H2;1H2. The van der Waals surface area contributed by atoms with E-state index in [9.17, 15) is 37.4 Å². The van der Waals surface area contributed by atoms with E-state index in [4.69, 9.17) is 4.74 Å². The highest BCUT2D eigenvalue weighted by Crippen LogP contribution is 2.43. The Bertz CT molecular complexity index is 1830. The second-order valence-electron chi connectivity index (χ2n) is 10.4. The number of nitrogens with one attached hydrogen (secondary N) is 2. The number of halogens is 4. The molecular formula is C34H32F4N4O6. The van der Waals surface area contributed by atoms with Crippen LogP contribution in [0.4, 0.5) is 17.6 Å². The molecular weight excluding hydrogens is 636 g/mol. The van der Waals surface area contributed by atoms with Gasteiger partial charge in [-0.05, 0) is 42.3 Å². The van der Waals surface area contributed by atoms with Crippen LogP contribution in [0.25, 0.3) is 22.3 Å². The van der Waals surface area contributed by atoms with Gasteiger partial charge in [0.2, 0.25) is 5.79 Å². The highest BCUT2D eigenvalue weighted by atomic mass is 19.1. The fourth-order valence-corrected chi connectivity index (χ4v) is 5.26. The van der Waals surface area contributed by atoms with Crippen LogP contribution in [-0.2, 0) is 14.3 Å². The molecule has 1 amide bonds. The molecule has 252 valence electrons. The first-order valence-electron chi connectivity index (χ1n) is 13.9. The van der Waals surface area contributed by atoms with E-state index < -0.39 is 57.8 Å². The summed E-state index contributed by atoms with van der Waals surface area (Å²) in [4.78, 5) is 24.4. The normalized spacial score (nSPS) is 20.0.